The summed E-state index contributed by atoms with van der Waals surface area (Å²) in [5, 5.41) is 8.18. The third kappa shape index (κ3) is 4.39. The number of fused-ring (bicyclic) bond motifs is 1. The lowest BCUT2D eigenvalue weighted by Gasteiger charge is -2.29. The lowest BCUT2D eigenvalue weighted by Crippen LogP contribution is -2.33. The van der Waals surface area contributed by atoms with E-state index in [-0.39, 0.29) is 11.6 Å². The van der Waals surface area contributed by atoms with E-state index in [1.807, 2.05) is 6.92 Å². The first-order valence-electron chi connectivity index (χ1n) is 9.10. The fourth-order valence-corrected chi connectivity index (χ4v) is 3.86. The van der Waals surface area contributed by atoms with Gasteiger partial charge in [0.25, 0.3) is 11.5 Å². The first kappa shape index (κ1) is 18.8. The Kier molecular flexibility index (Phi) is 6.20. The third-order valence-corrected chi connectivity index (χ3v) is 5.45. The van der Waals surface area contributed by atoms with Crippen molar-refractivity contribution in [2.75, 3.05) is 37.7 Å². The van der Waals surface area contributed by atoms with Crippen LogP contribution >= 0.6 is 11.3 Å². The minimum atomic E-state index is -0.424. The van der Waals surface area contributed by atoms with Gasteiger partial charge in [0.1, 0.15) is 5.69 Å². The molecule has 142 valence electrons. The number of piperidine rings is 1. The van der Waals surface area contributed by atoms with Gasteiger partial charge in [-0.25, -0.2) is 0 Å². The van der Waals surface area contributed by atoms with Gasteiger partial charge in [-0.2, -0.15) is 9.50 Å². The van der Waals surface area contributed by atoms with Gasteiger partial charge < -0.3 is 15.0 Å². The van der Waals surface area contributed by atoms with Gasteiger partial charge in [0.2, 0.25) is 10.1 Å². The standard InChI is InChI=1S/C17H25N5O3S/c1-3-25-10-4-7-18-15(24)13-11-14(23)19-16-22(13)20-17(26-16)21-8-5-12(2)6-9-21/h11-12H,3-10H2,1-2H3,(H,18,24). The number of hydrogen-bond donors (Lipinski definition) is 1. The Morgan fingerprint density at radius 2 is 2.19 bits per heavy atom. The molecule has 9 heteroatoms. The second-order valence-corrected chi connectivity index (χ2v) is 7.47. The highest BCUT2D eigenvalue weighted by atomic mass is 32.1. The van der Waals surface area contributed by atoms with E-state index in [0.717, 1.165) is 43.4 Å². The summed E-state index contributed by atoms with van der Waals surface area (Å²) in [7, 11) is 0. The summed E-state index contributed by atoms with van der Waals surface area (Å²) >= 11 is 1.35. The number of carbonyl (C=O) groups excluding carboxylic acids is 1. The molecule has 0 radical (unpaired) electrons. The van der Waals surface area contributed by atoms with Crippen molar-refractivity contribution in [1.82, 2.24) is 19.9 Å². The van der Waals surface area contributed by atoms with Gasteiger partial charge in [0.05, 0.1) is 0 Å². The van der Waals surface area contributed by atoms with Crippen molar-refractivity contribution in [1.29, 1.82) is 0 Å². The smallest absolute Gasteiger partial charge is 0.274 e. The molecular formula is C17H25N5O3S. The molecule has 0 unspecified atom stereocenters. The number of amides is 1. The first-order valence-corrected chi connectivity index (χ1v) is 9.92. The maximum atomic E-state index is 12.5. The molecule has 1 fully saturated rings. The molecule has 0 aliphatic carbocycles. The minimum Gasteiger partial charge on any atom is -0.382 e. The SMILES string of the molecule is CCOCCCNC(=O)c1cc(=O)nc2sc(N3CCC(C)CC3)nn12. The summed E-state index contributed by atoms with van der Waals surface area (Å²) < 4.78 is 6.74. The monoisotopic (exact) mass is 379 g/mol. The quantitative estimate of drug-likeness (QED) is 0.734. The molecule has 3 rings (SSSR count). The highest BCUT2D eigenvalue weighted by Crippen LogP contribution is 2.27. The second kappa shape index (κ2) is 8.59. The molecule has 1 amide bonds. The number of carbonyl (C=O) groups is 1. The number of aromatic nitrogens is 3. The average molecular weight is 379 g/mol. The molecular weight excluding hydrogens is 354 g/mol. The molecule has 8 nitrogen and oxygen atoms in total. The molecule has 0 atom stereocenters. The van der Waals surface area contributed by atoms with Gasteiger partial charge in [-0.15, -0.1) is 5.10 Å². The van der Waals surface area contributed by atoms with E-state index in [1.165, 1.54) is 21.9 Å². The Hall–Kier alpha value is -2.00. The Morgan fingerprint density at radius 1 is 1.42 bits per heavy atom. The van der Waals surface area contributed by atoms with Crippen molar-refractivity contribution in [2.24, 2.45) is 5.92 Å². The summed E-state index contributed by atoms with van der Waals surface area (Å²) in [5.41, 5.74) is -0.198. The number of nitrogens with zero attached hydrogens (tertiary/aromatic N) is 4. The molecule has 1 aliphatic heterocycles. The van der Waals surface area contributed by atoms with Crippen molar-refractivity contribution in [3.05, 3.63) is 22.1 Å². The van der Waals surface area contributed by atoms with Crippen molar-refractivity contribution in [3.63, 3.8) is 0 Å². The zero-order chi connectivity index (χ0) is 18.5. The number of anilines is 1. The predicted molar refractivity (Wildman–Crippen MR) is 101 cm³/mol. The summed E-state index contributed by atoms with van der Waals surface area (Å²) in [6.07, 6.45) is 2.96. The van der Waals surface area contributed by atoms with Crippen molar-refractivity contribution in [2.45, 2.75) is 33.1 Å². The molecule has 2 aromatic rings. The van der Waals surface area contributed by atoms with Crippen LogP contribution < -0.4 is 15.8 Å². The van der Waals surface area contributed by atoms with Crippen LogP contribution in [-0.4, -0.2) is 53.4 Å². The molecule has 0 spiro atoms. The van der Waals surface area contributed by atoms with Crippen LogP contribution in [0.25, 0.3) is 4.96 Å². The van der Waals surface area contributed by atoms with Crippen molar-refractivity contribution < 1.29 is 9.53 Å². The van der Waals surface area contributed by atoms with E-state index < -0.39 is 5.56 Å². The fraction of sp³-hybridized carbons (Fsp3) is 0.647. The topological polar surface area (TPSA) is 88.8 Å². The highest BCUT2D eigenvalue weighted by molar-refractivity contribution is 7.20. The largest absolute Gasteiger partial charge is 0.382 e. The Bertz CT molecular complexity index is 810. The van der Waals surface area contributed by atoms with Crippen LogP contribution in [0, 0.1) is 5.92 Å². The Balaban J connectivity index is 1.77. The number of hydrogen-bond acceptors (Lipinski definition) is 7. The molecule has 1 saturated heterocycles. The summed E-state index contributed by atoms with van der Waals surface area (Å²) in [5.74, 6) is 0.401. The summed E-state index contributed by atoms with van der Waals surface area (Å²) in [6.45, 7) is 7.79. The number of ether oxygens (including phenoxy) is 1. The lowest BCUT2D eigenvalue weighted by molar-refractivity contribution is 0.0936. The Labute approximate surface area is 156 Å². The molecule has 0 aromatic carbocycles. The molecule has 26 heavy (non-hydrogen) atoms. The molecule has 3 heterocycles. The summed E-state index contributed by atoms with van der Waals surface area (Å²) in [6, 6.07) is 1.24. The highest BCUT2D eigenvalue weighted by Gasteiger charge is 2.21. The van der Waals surface area contributed by atoms with Crippen LogP contribution in [0.2, 0.25) is 0 Å². The minimum absolute atomic E-state index is 0.226. The van der Waals surface area contributed by atoms with Crippen LogP contribution in [-0.2, 0) is 4.74 Å². The van der Waals surface area contributed by atoms with Crippen molar-refractivity contribution in [3.8, 4) is 0 Å². The van der Waals surface area contributed by atoms with Crippen molar-refractivity contribution >= 4 is 27.3 Å². The fourth-order valence-electron chi connectivity index (χ4n) is 2.91. The van der Waals surface area contributed by atoms with Gasteiger partial charge in [0.15, 0.2) is 0 Å². The maximum Gasteiger partial charge on any atom is 0.274 e. The van der Waals surface area contributed by atoms with E-state index >= 15 is 0 Å². The van der Waals surface area contributed by atoms with Crippen LogP contribution in [0.4, 0.5) is 5.13 Å². The van der Waals surface area contributed by atoms with Gasteiger partial charge in [-0.1, -0.05) is 18.3 Å². The number of rotatable bonds is 7. The Morgan fingerprint density at radius 3 is 2.92 bits per heavy atom. The van der Waals surface area contributed by atoms with Gasteiger partial charge in [-0.05, 0) is 32.1 Å². The second-order valence-electron chi connectivity index (χ2n) is 6.53. The van der Waals surface area contributed by atoms with Gasteiger partial charge in [0, 0.05) is 38.9 Å². The van der Waals surface area contributed by atoms with Crippen LogP contribution in [0.3, 0.4) is 0 Å². The lowest BCUT2D eigenvalue weighted by atomic mass is 10.00. The molecule has 1 N–H and O–H groups in total. The van der Waals surface area contributed by atoms with E-state index in [1.54, 1.807) is 0 Å². The summed E-state index contributed by atoms with van der Waals surface area (Å²) in [4.78, 5) is 31.0. The first-order chi connectivity index (χ1) is 12.6. The maximum absolute atomic E-state index is 12.5. The zero-order valence-electron chi connectivity index (χ0n) is 15.2. The molecule has 2 aromatic heterocycles. The van der Waals surface area contributed by atoms with Crippen LogP contribution in [0.5, 0.6) is 0 Å². The molecule has 1 aliphatic rings. The third-order valence-electron chi connectivity index (χ3n) is 4.49. The van der Waals surface area contributed by atoms with Crippen LogP contribution in [0.15, 0.2) is 10.9 Å². The normalized spacial score (nSPS) is 15.5. The van der Waals surface area contributed by atoms with E-state index in [4.69, 9.17) is 4.74 Å². The molecule has 0 bridgehead atoms. The zero-order valence-corrected chi connectivity index (χ0v) is 16.0. The van der Waals surface area contributed by atoms with Gasteiger partial charge in [-0.3, -0.25) is 9.59 Å². The van der Waals surface area contributed by atoms with E-state index in [0.29, 0.717) is 24.7 Å². The van der Waals surface area contributed by atoms with E-state index in [2.05, 4.69) is 27.2 Å². The predicted octanol–water partition coefficient (Wildman–Crippen LogP) is 1.54. The van der Waals surface area contributed by atoms with Crippen LogP contribution in [0.1, 0.15) is 43.6 Å². The number of nitrogens with one attached hydrogen (secondary N) is 1. The average Bonchev–Trinajstić information content (AvgIpc) is 3.05. The van der Waals surface area contributed by atoms with Gasteiger partial charge >= 0.3 is 0 Å². The van der Waals surface area contributed by atoms with E-state index in [9.17, 15) is 9.59 Å². The molecule has 0 saturated carbocycles.